The van der Waals surface area contributed by atoms with E-state index in [9.17, 15) is 0 Å². The van der Waals surface area contributed by atoms with Crippen molar-refractivity contribution in [1.82, 2.24) is 10.2 Å². The predicted octanol–water partition coefficient (Wildman–Crippen LogP) is 2.99. The molecule has 0 saturated carbocycles. The summed E-state index contributed by atoms with van der Waals surface area (Å²) in [4.78, 5) is 2.57. The quantitative estimate of drug-likeness (QED) is 0.561. The van der Waals surface area contributed by atoms with Gasteiger partial charge in [-0.3, -0.25) is 0 Å². The summed E-state index contributed by atoms with van der Waals surface area (Å²) in [6.07, 6.45) is 4.57. The minimum atomic E-state index is -1.96. The summed E-state index contributed by atoms with van der Waals surface area (Å²) in [6, 6.07) is 2.30. The lowest BCUT2D eigenvalue weighted by atomic mass is 10.3. The number of hydrogen-bond acceptors (Lipinski definition) is 4. The molecule has 1 N–H and O–H groups in total. The van der Waals surface area contributed by atoms with Crippen molar-refractivity contribution in [3.8, 4) is 0 Å². The maximum atomic E-state index is 6.30. The summed E-state index contributed by atoms with van der Waals surface area (Å²) in [6.45, 7) is 14.2. The average molecular weight is 317 g/mol. The van der Waals surface area contributed by atoms with E-state index in [0.29, 0.717) is 0 Å². The van der Waals surface area contributed by atoms with Crippen LogP contribution in [0.2, 0.25) is 12.1 Å². The van der Waals surface area contributed by atoms with Gasteiger partial charge in [-0.15, -0.1) is 0 Å². The zero-order valence-electron chi connectivity index (χ0n) is 14.5. The van der Waals surface area contributed by atoms with Crippen LogP contribution < -0.4 is 5.32 Å². The molecular weight excluding hydrogens is 280 g/mol. The van der Waals surface area contributed by atoms with E-state index in [1.54, 1.807) is 0 Å². The van der Waals surface area contributed by atoms with Crippen molar-refractivity contribution in [3.05, 3.63) is 0 Å². The molecule has 0 aromatic heterocycles. The smallest absolute Gasteiger partial charge is 0.338 e. The highest BCUT2D eigenvalue weighted by atomic mass is 28.4. The summed E-state index contributed by atoms with van der Waals surface area (Å²) >= 11 is 0. The Morgan fingerprint density at radius 3 is 2.05 bits per heavy atom. The Morgan fingerprint density at radius 2 is 1.52 bits per heavy atom. The van der Waals surface area contributed by atoms with Crippen LogP contribution in [0.3, 0.4) is 0 Å². The van der Waals surface area contributed by atoms with Crippen molar-refractivity contribution in [2.45, 2.75) is 58.5 Å². The Labute approximate surface area is 132 Å². The van der Waals surface area contributed by atoms with Gasteiger partial charge >= 0.3 is 8.56 Å². The van der Waals surface area contributed by atoms with Gasteiger partial charge in [-0.25, -0.2) is 0 Å². The topological polar surface area (TPSA) is 33.7 Å². The van der Waals surface area contributed by atoms with Crippen LogP contribution in [0.15, 0.2) is 0 Å². The minimum Gasteiger partial charge on any atom is -0.394 e. The molecule has 0 radical (unpaired) electrons. The maximum Gasteiger partial charge on any atom is 0.338 e. The van der Waals surface area contributed by atoms with Gasteiger partial charge in [-0.05, 0) is 37.9 Å². The van der Waals surface area contributed by atoms with Crippen LogP contribution in [0, 0.1) is 0 Å². The zero-order chi connectivity index (χ0) is 15.4. The van der Waals surface area contributed by atoms with E-state index in [2.05, 4.69) is 31.0 Å². The van der Waals surface area contributed by atoms with Crippen molar-refractivity contribution in [3.63, 3.8) is 0 Å². The fourth-order valence-corrected chi connectivity index (χ4v) is 6.44. The first kappa shape index (κ1) is 19.1. The molecule has 0 spiro atoms. The van der Waals surface area contributed by atoms with E-state index < -0.39 is 8.56 Å². The lowest BCUT2D eigenvalue weighted by molar-refractivity contribution is 0.163. The lowest BCUT2D eigenvalue weighted by Gasteiger charge is -2.32. The monoisotopic (exact) mass is 316 g/mol. The van der Waals surface area contributed by atoms with Gasteiger partial charge in [-0.1, -0.05) is 27.2 Å². The Bertz CT molecular complexity index is 240. The van der Waals surface area contributed by atoms with Crippen molar-refractivity contribution < 1.29 is 8.85 Å². The van der Waals surface area contributed by atoms with Gasteiger partial charge in [0.25, 0.3) is 0 Å². The van der Waals surface area contributed by atoms with Gasteiger partial charge in [0.05, 0.1) is 0 Å². The normalized spacial score (nSPS) is 17.3. The van der Waals surface area contributed by atoms with E-state index in [1.165, 1.54) is 32.5 Å². The second kappa shape index (κ2) is 11.6. The molecule has 1 saturated heterocycles. The number of rotatable bonds is 12. The predicted molar refractivity (Wildman–Crippen MR) is 92.1 cm³/mol. The van der Waals surface area contributed by atoms with E-state index >= 15 is 0 Å². The van der Waals surface area contributed by atoms with Crippen LogP contribution in [-0.4, -0.2) is 59.4 Å². The third-order valence-electron chi connectivity index (χ3n) is 4.01. The van der Waals surface area contributed by atoms with Crippen molar-refractivity contribution >= 4 is 8.56 Å². The second-order valence-corrected chi connectivity index (χ2v) is 9.45. The van der Waals surface area contributed by atoms with Crippen LogP contribution in [0.25, 0.3) is 0 Å². The molecule has 4 nitrogen and oxygen atoms in total. The molecule has 1 rings (SSSR count). The first-order valence-electron chi connectivity index (χ1n) is 8.97. The molecule has 0 atom stereocenters. The van der Waals surface area contributed by atoms with E-state index in [0.717, 1.165) is 51.2 Å². The van der Waals surface area contributed by atoms with Crippen LogP contribution in [-0.2, 0) is 8.85 Å². The Morgan fingerprint density at radius 1 is 0.905 bits per heavy atom. The molecule has 1 fully saturated rings. The highest BCUT2D eigenvalue weighted by Gasteiger charge is 2.36. The van der Waals surface area contributed by atoms with Gasteiger partial charge in [0.2, 0.25) is 0 Å². The Kier molecular flexibility index (Phi) is 10.6. The maximum absolute atomic E-state index is 6.30. The number of nitrogens with zero attached hydrogens (tertiary/aromatic N) is 1. The number of hydrogen-bond donors (Lipinski definition) is 1. The van der Waals surface area contributed by atoms with Gasteiger partial charge in [0.15, 0.2) is 0 Å². The standard InChI is InChI=1S/C16H36N2O2Si/c1-4-13-19-21(15-6-3,20-14-5-2)16-7-10-18-11-8-17-9-12-18/h17H,4-16H2,1-3H3. The summed E-state index contributed by atoms with van der Waals surface area (Å²) in [5.74, 6) is 0. The minimum absolute atomic E-state index is 0.865. The number of nitrogens with one attached hydrogen (secondary N) is 1. The number of piperazine rings is 1. The largest absolute Gasteiger partial charge is 0.394 e. The van der Waals surface area contributed by atoms with Crippen LogP contribution in [0.5, 0.6) is 0 Å². The first-order chi connectivity index (χ1) is 10.3. The van der Waals surface area contributed by atoms with E-state index in [1.807, 2.05) is 0 Å². The summed E-state index contributed by atoms with van der Waals surface area (Å²) in [7, 11) is -1.96. The fraction of sp³-hybridized carbons (Fsp3) is 1.00. The second-order valence-electron chi connectivity index (χ2n) is 6.05. The van der Waals surface area contributed by atoms with Crippen molar-refractivity contribution in [2.75, 3.05) is 45.9 Å². The summed E-state index contributed by atoms with van der Waals surface area (Å²) in [5, 5.41) is 3.42. The lowest BCUT2D eigenvalue weighted by Crippen LogP contribution is -2.46. The van der Waals surface area contributed by atoms with Crippen LogP contribution in [0.4, 0.5) is 0 Å². The van der Waals surface area contributed by atoms with Crippen LogP contribution in [0.1, 0.15) is 46.5 Å². The molecule has 1 heterocycles. The van der Waals surface area contributed by atoms with Crippen LogP contribution >= 0.6 is 0 Å². The molecule has 0 unspecified atom stereocenters. The molecule has 0 aliphatic carbocycles. The third kappa shape index (κ3) is 7.75. The van der Waals surface area contributed by atoms with Gasteiger partial charge in [0, 0.05) is 39.4 Å². The molecule has 1 aliphatic rings. The molecule has 0 amide bonds. The molecule has 5 heteroatoms. The zero-order valence-corrected chi connectivity index (χ0v) is 15.5. The molecular formula is C16H36N2O2Si. The van der Waals surface area contributed by atoms with Crippen molar-refractivity contribution in [1.29, 1.82) is 0 Å². The highest BCUT2D eigenvalue weighted by Crippen LogP contribution is 2.24. The molecule has 0 bridgehead atoms. The summed E-state index contributed by atoms with van der Waals surface area (Å²) < 4.78 is 12.6. The van der Waals surface area contributed by atoms with E-state index in [4.69, 9.17) is 8.85 Å². The molecule has 0 aromatic rings. The van der Waals surface area contributed by atoms with Gasteiger partial charge < -0.3 is 19.1 Å². The SMILES string of the molecule is CCCO[Si](CCC)(CCCN1CCNCC1)OCCC. The highest BCUT2D eigenvalue weighted by molar-refractivity contribution is 6.67. The molecule has 1 aliphatic heterocycles. The molecule has 21 heavy (non-hydrogen) atoms. The first-order valence-corrected chi connectivity index (χ1v) is 11.2. The average Bonchev–Trinajstić information content (AvgIpc) is 2.52. The summed E-state index contributed by atoms with van der Waals surface area (Å²) in [5.41, 5.74) is 0. The van der Waals surface area contributed by atoms with Gasteiger partial charge in [-0.2, -0.15) is 0 Å². The Balaban J connectivity index is 2.43. The fourth-order valence-electron chi connectivity index (χ4n) is 2.92. The third-order valence-corrected chi connectivity index (χ3v) is 7.85. The van der Waals surface area contributed by atoms with E-state index in [-0.39, 0.29) is 0 Å². The van der Waals surface area contributed by atoms with Gasteiger partial charge in [0.1, 0.15) is 0 Å². The molecule has 126 valence electrons. The Hall–Kier alpha value is 0.0569. The van der Waals surface area contributed by atoms with Crippen molar-refractivity contribution in [2.24, 2.45) is 0 Å². The molecule has 0 aromatic carbocycles.